The van der Waals surface area contributed by atoms with Crippen LogP contribution in [0.4, 0.5) is 4.79 Å². The first-order valence-electron chi connectivity index (χ1n) is 5.07. The van der Waals surface area contributed by atoms with Crippen molar-refractivity contribution in [3.8, 4) is 0 Å². The van der Waals surface area contributed by atoms with Gasteiger partial charge in [0.25, 0.3) is 0 Å². The van der Waals surface area contributed by atoms with Gasteiger partial charge in [-0.15, -0.1) is 0 Å². The molecule has 86 valence electrons. The summed E-state index contributed by atoms with van der Waals surface area (Å²) >= 11 is 1.18. The van der Waals surface area contributed by atoms with Crippen molar-refractivity contribution in [3.63, 3.8) is 0 Å². The lowest BCUT2D eigenvalue weighted by Crippen LogP contribution is -1.99. The van der Waals surface area contributed by atoms with E-state index in [9.17, 15) is 4.79 Å². The van der Waals surface area contributed by atoms with Gasteiger partial charge in [0.1, 0.15) is 6.61 Å². The molecule has 0 aliphatic carbocycles. The van der Waals surface area contributed by atoms with Crippen LogP contribution in [-0.4, -0.2) is 24.3 Å². The molecule has 0 amide bonds. The first kappa shape index (κ1) is 12.8. The van der Waals surface area contributed by atoms with E-state index in [1.165, 1.54) is 11.8 Å². The summed E-state index contributed by atoms with van der Waals surface area (Å²) < 4.78 is 5.09. The molecule has 0 spiro atoms. The molecule has 0 bridgehead atoms. The fourth-order valence-corrected chi connectivity index (χ4v) is 1.61. The molecule has 0 heterocycles. The van der Waals surface area contributed by atoms with Gasteiger partial charge in [-0.2, -0.15) is 0 Å². The number of carbonyl (C=O) groups is 1. The lowest BCUT2D eigenvalue weighted by molar-refractivity contribution is 0.169. The Morgan fingerprint density at radius 3 is 2.88 bits per heavy atom. The minimum absolute atomic E-state index is 0.228. The third kappa shape index (κ3) is 5.56. The largest absolute Gasteiger partial charge is 0.453 e. The quantitative estimate of drug-likeness (QED) is 0.448. The number of carbonyl (C=O) groups excluding carboxylic acids is 1. The van der Waals surface area contributed by atoms with E-state index in [-0.39, 0.29) is 5.30 Å². The summed E-state index contributed by atoms with van der Waals surface area (Å²) in [6, 6.07) is 9.65. The highest BCUT2D eigenvalue weighted by Gasteiger charge is 2.02. The van der Waals surface area contributed by atoms with E-state index in [4.69, 9.17) is 4.74 Å². The Kier molecular flexibility index (Phi) is 6.33. The Morgan fingerprint density at radius 2 is 2.19 bits per heavy atom. The molecule has 0 aromatic heterocycles. The fraction of sp³-hybridized carbons (Fsp3) is 0.333. The van der Waals surface area contributed by atoms with Crippen molar-refractivity contribution in [3.05, 3.63) is 35.9 Å². The summed E-state index contributed by atoms with van der Waals surface area (Å²) in [5, 5.41) is -0.228. The zero-order chi connectivity index (χ0) is 11.6. The molecule has 3 nitrogen and oxygen atoms in total. The van der Waals surface area contributed by atoms with Gasteiger partial charge in [-0.1, -0.05) is 30.3 Å². The van der Waals surface area contributed by atoms with Gasteiger partial charge in [-0.3, -0.25) is 0 Å². The summed E-state index contributed by atoms with van der Waals surface area (Å²) in [6.07, 6.45) is 2.58. The van der Waals surface area contributed by atoms with Crippen LogP contribution < -0.4 is 0 Å². The van der Waals surface area contributed by atoms with Crippen molar-refractivity contribution in [2.45, 2.75) is 13.0 Å². The summed E-state index contributed by atoms with van der Waals surface area (Å²) in [7, 11) is 1.72. The lowest BCUT2D eigenvalue weighted by atomic mass is 10.2. The van der Waals surface area contributed by atoms with Crippen molar-refractivity contribution >= 4 is 23.3 Å². The highest BCUT2D eigenvalue weighted by atomic mass is 32.2. The minimum Gasteiger partial charge on any atom is -0.453 e. The van der Waals surface area contributed by atoms with Crippen LogP contribution in [0.2, 0.25) is 0 Å². The molecule has 0 saturated heterocycles. The fourth-order valence-electron chi connectivity index (χ4n) is 1.08. The van der Waals surface area contributed by atoms with Gasteiger partial charge >= 0.3 is 5.30 Å². The number of hydrogen-bond donors (Lipinski definition) is 0. The second-order valence-electron chi connectivity index (χ2n) is 3.10. The molecule has 0 saturated carbocycles. The summed E-state index contributed by atoms with van der Waals surface area (Å²) in [6.45, 7) is 0.342. The number of hydrogen-bond acceptors (Lipinski definition) is 4. The van der Waals surface area contributed by atoms with Crippen LogP contribution >= 0.6 is 11.8 Å². The van der Waals surface area contributed by atoms with Gasteiger partial charge in [0.2, 0.25) is 0 Å². The van der Waals surface area contributed by atoms with E-state index in [2.05, 4.69) is 4.99 Å². The van der Waals surface area contributed by atoms with Crippen molar-refractivity contribution < 1.29 is 9.53 Å². The van der Waals surface area contributed by atoms with Crippen LogP contribution in [0, 0.1) is 0 Å². The predicted molar refractivity (Wildman–Crippen MR) is 68.1 cm³/mol. The molecule has 1 aromatic rings. The zero-order valence-corrected chi connectivity index (χ0v) is 10.1. The SMILES string of the molecule is CN=CCCSC(=O)OCc1ccccc1. The number of nitrogens with zero attached hydrogens (tertiary/aromatic N) is 1. The molecule has 4 heteroatoms. The average molecular weight is 237 g/mol. The Morgan fingerprint density at radius 1 is 1.44 bits per heavy atom. The topological polar surface area (TPSA) is 38.7 Å². The molecule has 0 aliphatic rings. The molecule has 1 aromatic carbocycles. The highest BCUT2D eigenvalue weighted by Crippen LogP contribution is 2.09. The minimum atomic E-state index is -0.228. The van der Waals surface area contributed by atoms with Gasteiger partial charge in [-0.05, 0) is 30.0 Å². The summed E-state index contributed by atoms with van der Waals surface area (Å²) in [5.41, 5.74) is 1.01. The third-order valence-electron chi connectivity index (χ3n) is 1.85. The standard InChI is InChI=1S/C12H15NO2S/c1-13-8-5-9-16-12(14)15-10-11-6-3-2-4-7-11/h2-4,6-8H,5,9-10H2,1H3. The molecule has 1 rings (SSSR count). The Bertz CT molecular complexity index is 338. The maximum Gasteiger partial charge on any atom is 0.367 e. The zero-order valence-electron chi connectivity index (χ0n) is 9.26. The second kappa shape index (κ2) is 7.93. The smallest absolute Gasteiger partial charge is 0.367 e. The first-order valence-corrected chi connectivity index (χ1v) is 6.05. The van der Waals surface area contributed by atoms with Gasteiger partial charge in [0.05, 0.1) is 0 Å². The van der Waals surface area contributed by atoms with Gasteiger partial charge in [-0.25, -0.2) is 4.79 Å². The number of ether oxygens (including phenoxy) is 1. The molecule has 0 atom stereocenters. The molecular weight excluding hydrogens is 222 g/mol. The van der Waals surface area contributed by atoms with E-state index in [1.54, 1.807) is 13.3 Å². The first-order chi connectivity index (χ1) is 7.83. The molecule has 16 heavy (non-hydrogen) atoms. The molecule has 0 radical (unpaired) electrons. The maximum atomic E-state index is 11.3. The molecule has 0 aliphatic heterocycles. The maximum absolute atomic E-state index is 11.3. The van der Waals surface area contributed by atoms with Crippen LogP contribution in [0.1, 0.15) is 12.0 Å². The van der Waals surface area contributed by atoms with E-state index < -0.39 is 0 Å². The Hall–Kier alpha value is -1.29. The van der Waals surface area contributed by atoms with Crippen molar-refractivity contribution in [2.24, 2.45) is 4.99 Å². The van der Waals surface area contributed by atoms with E-state index >= 15 is 0 Å². The van der Waals surface area contributed by atoms with Gasteiger partial charge in [0, 0.05) is 12.8 Å². The monoisotopic (exact) mass is 237 g/mol. The van der Waals surface area contributed by atoms with Crippen LogP contribution in [0.3, 0.4) is 0 Å². The Balaban J connectivity index is 2.15. The van der Waals surface area contributed by atoms with Crippen LogP contribution in [0.25, 0.3) is 0 Å². The number of benzene rings is 1. The molecule has 0 fully saturated rings. The van der Waals surface area contributed by atoms with Crippen LogP contribution in [-0.2, 0) is 11.3 Å². The van der Waals surface area contributed by atoms with Gasteiger partial charge < -0.3 is 9.73 Å². The van der Waals surface area contributed by atoms with E-state index in [0.717, 1.165) is 12.0 Å². The van der Waals surface area contributed by atoms with E-state index in [0.29, 0.717) is 12.4 Å². The van der Waals surface area contributed by atoms with E-state index in [1.807, 2.05) is 30.3 Å². The molecule has 0 unspecified atom stereocenters. The normalized spacial score (nSPS) is 10.6. The average Bonchev–Trinajstić information content (AvgIpc) is 2.33. The Labute approximate surface area is 99.9 Å². The number of aliphatic imine (C=N–C) groups is 1. The third-order valence-corrected chi connectivity index (χ3v) is 2.64. The number of rotatable bonds is 5. The summed E-state index contributed by atoms with van der Waals surface area (Å²) in [5.74, 6) is 0.713. The number of thioether (sulfide) groups is 1. The second-order valence-corrected chi connectivity index (χ2v) is 4.13. The van der Waals surface area contributed by atoms with Crippen molar-refractivity contribution in [1.82, 2.24) is 0 Å². The van der Waals surface area contributed by atoms with Crippen LogP contribution in [0.15, 0.2) is 35.3 Å². The summed E-state index contributed by atoms with van der Waals surface area (Å²) in [4.78, 5) is 15.1. The highest BCUT2D eigenvalue weighted by molar-refractivity contribution is 8.13. The lowest BCUT2D eigenvalue weighted by Gasteiger charge is -2.03. The van der Waals surface area contributed by atoms with Gasteiger partial charge in [0.15, 0.2) is 0 Å². The predicted octanol–water partition coefficient (Wildman–Crippen LogP) is 3.15. The molecule has 0 N–H and O–H groups in total. The van der Waals surface area contributed by atoms with Crippen LogP contribution in [0.5, 0.6) is 0 Å². The van der Waals surface area contributed by atoms with Crippen molar-refractivity contribution in [2.75, 3.05) is 12.8 Å². The van der Waals surface area contributed by atoms with Crippen molar-refractivity contribution in [1.29, 1.82) is 0 Å². The molecular formula is C12H15NO2S.